The maximum atomic E-state index is 12.9. The van der Waals surface area contributed by atoms with Gasteiger partial charge in [-0.3, -0.25) is 9.69 Å². The number of aromatic nitrogens is 3. The molecule has 12 nitrogen and oxygen atoms in total. The molecule has 0 saturated carbocycles. The summed E-state index contributed by atoms with van der Waals surface area (Å²) in [7, 11) is 0. The van der Waals surface area contributed by atoms with Gasteiger partial charge in [-0.15, -0.1) is 0 Å². The van der Waals surface area contributed by atoms with Gasteiger partial charge in [0.05, 0.1) is 19.3 Å². The molecule has 226 valence electrons. The first-order valence-electron chi connectivity index (χ1n) is 15.1. The fourth-order valence-electron chi connectivity index (χ4n) is 5.40. The summed E-state index contributed by atoms with van der Waals surface area (Å²) in [6.07, 6.45) is 0.999. The van der Waals surface area contributed by atoms with Crippen molar-refractivity contribution in [2.45, 2.75) is 32.4 Å². The van der Waals surface area contributed by atoms with Gasteiger partial charge in [-0.25, -0.2) is 9.78 Å². The van der Waals surface area contributed by atoms with Gasteiger partial charge in [0, 0.05) is 67.8 Å². The van der Waals surface area contributed by atoms with Crippen LogP contribution >= 0.6 is 0 Å². The molecule has 4 heterocycles. The Labute approximate surface area is 251 Å². The fraction of sp³-hybridized carbons (Fsp3) is 0.452. The summed E-state index contributed by atoms with van der Waals surface area (Å²) in [6, 6.07) is 14.7. The molecule has 6 rings (SSSR count). The lowest BCUT2D eigenvalue weighted by atomic mass is 10.1. The minimum absolute atomic E-state index is 0.0193. The highest BCUT2D eigenvalue weighted by Crippen LogP contribution is 2.26. The van der Waals surface area contributed by atoms with Crippen LogP contribution in [0.15, 0.2) is 48.5 Å². The van der Waals surface area contributed by atoms with Crippen molar-refractivity contribution in [1.82, 2.24) is 30.1 Å². The number of piperazine rings is 1. The minimum atomic E-state index is -0.371. The summed E-state index contributed by atoms with van der Waals surface area (Å²) < 4.78 is 5.49. The van der Waals surface area contributed by atoms with Crippen LogP contribution in [-0.2, 0) is 4.74 Å². The molecule has 3 amide bonds. The zero-order chi connectivity index (χ0) is 29.8. The van der Waals surface area contributed by atoms with Gasteiger partial charge in [-0.05, 0) is 75.3 Å². The number of amides is 3. The second-order valence-corrected chi connectivity index (χ2v) is 11.4. The van der Waals surface area contributed by atoms with Crippen LogP contribution in [-0.4, -0.2) is 102 Å². The Morgan fingerprint density at radius 2 is 1.49 bits per heavy atom. The molecule has 3 saturated heterocycles. The van der Waals surface area contributed by atoms with E-state index in [0.717, 1.165) is 63.6 Å². The number of ether oxygens (including phenoxy) is 1. The molecular formula is C31H39N9O3. The number of carbonyl (C=O) groups excluding carboxylic acids is 2. The first-order chi connectivity index (χ1) is 20.9. The van der Waals surface area contributed by atoms with Crippen LogP contribution in [0.25, 0.3) is 11.4 Å². The summed E-state index contributed by atoms with van der Waals surface area (Å²) in [5.41, 5.74) is 2.70. The predicted molar refractivity (Wildman–Crippen MR) is 165 cm³/mol. The van der Waals surface area contributed by atoms with E-state index in [-0.39, 0.29) is 18.0 Å². The zero-order valence-electron chi connectivity index (χ0n) is 24.8. The quantitative estimate of drug-likeness (QED) is 0.383. The largest absolute Gasteiger partial charge is 0.378 e. The molecule has 3 aliphatic rings. The lowest BCUT2D eigenvalue weighted by Crippen LogP contribution is -2.50. The standard InChI is InChI=1S/C31H39N9O3/c1-21(2)38-13-15-39(16-14-38)29(41)23-5-9-25(10-6-23)34-31(42)33-24-7-3-22(4-8-24)27-35-28(26-11-12-32-26)37-30(36-27)40-17-19-43-20-18-40/h3-10,21,26,32H,11-20H2,1-2H3,(H2,33,34,42). The second-order valence-electron chi connectivity index (χ2n) is 11.4. The number of rotatable bonds is 7. The first kappa shape index (κ1) is 29.0. The summed E-state index contributed by atoms with van der Waals surface area (Å²) in [4.78, 5) is 46.3. The number of nitrogens with zero attached hydrogens (tertiary/aromatic N) is 6. The lowest BCUT2D eigenvalue weighted by Gasteiger charge is -2.37. The molecule has 43 heavy (non-hydrogen) atoms. The number of carbonyl (C=O) groups is 2. The van der Waals surface area contributed by atoms with Crippen molar-refractivity contribution in [1.29, 1.82) is 0 Å². The monoisotopic (exact) mass is 585 g/mol. The van der Waals surface area contributed by atoms with E-state index in [4.69, 9.17) is 19.7 Å². The van der Waals surface area contributed by atoms with Crippen molar-refractivity contribution in [2.75, 3.05) is 74.6 Å². The molecule has 3 aliphatic heterocycles. The minimum Gasteiger partial charge on any atom is -0.378 e. The van der Waals surface area contributed by atoms with Crippen LogP contribution in [0.2, 0.25) is 0 Å². The van der Waals surface area contributed by atoms with E-state index in [1.807, 2.05) is 29.2 Å². The molecule has 0 radical (unpaired) electrons. The van der Waals surface area contributed by atoms with E-state index < -0.39 is 0 Å². The molecule has 1 aromatic heterocycles. The molecule has 2 aromatic carbocycles. The number of hydrogen-bond donors (Lipinski definition) is 3. The second kappa shape index (κ2) is 13.0. The van der Waals surface area contributed by atoms with Crippen LogP contribution < -0.4 is 20.9 Å². The molecule has 1 unspecified atom stereocenters. The molecule has 3 fully saturated rings. The topological polar surface area (TPSA) is 128 Å². The zero-order valence-corrected chi connectivity index (χ0v) is 24.8. The van der Waals surface area contributed by atoms with Gasteiger partial charge in [-0.2, -0.15) is 9.97 Å². The molecule has 0 aliphatic carbocycles. The van der Waals surface area contributed by atoms with Crippen LogP contribution in [0.4, 0.5) is 22.1 Å². The van der Waals surface area contributed by atoms with E-state index in [9.17, 15) is 9.59 Å². The smallest absolute Gasteiger partial charge is 0.323 e. The number of hydrogen-bond acceptors (Lipinski definition) is 9. The Balaban J connectivity index is 1.06. The predicted octanol–water partition coefficient (Wildman–Crippen LogP) is 3.22. The van der Waals surface area contributed by atoms with Gasteiger partial charge in [0.25, 0.3) is 5.91 Å². The summed E-state index contributed by atoms with van der Waals surface area (Å²) in [6.45, 7) is 11.3. The van der Waals surface area contributed by atoms with Gasteiger partial charge < -0.3 is 30.5 Å². The number of benzene rings is 2. The van der Waals surface area contributed by atoms with E-state index >= 15 is 0 Å². The van der Waals surface area contributed by atoms with E-state index in [2.05, 4.69) is 39.6 Å². The van der Waals surface area contributed by atoms with Crippen LogP contribution in [0.5, 0.6) is 0 Å². The molecule has 3 N–H and O–H groups in total. The van der Waals surface area contributed by atoms with E-state index in [1.54, 1.807) is 24.3 Å². The highest BCUT2D eigenvalue weighted by molar-refractivity contribution is 6.00. The van der Waals surface area contributed by atoms with Gasteiger partial charge >= 0.3 is 6.03 Å². The Hall–Kier alpha value is -4.13. The molecule has 3 aromatic rings. The Kier molecular flexibility index (Phi) is 8.77. The third-order valence-corrected chi connectivity index (χ3v) is 8.19. The van der Waals surface area contributed by atoms with E-state index in [0.29, 0.717) is 48.0 Å². The molecule has 0 bridgehead atoms. The van der Waals surface area contributed by atoms with Crippen molar-refractivity contribution >= 4 is 29.3 Å². The third kappa shape index (κ3) is 6.93. The third-order valence-electron chi connectivity index (χ3n) is 8.19. The summed E-state index contributed by atoms with van der Waals surface area (Å²) >= 11 is 0. The van der Waals surface area contributed by atoms with Crippen LogP contribution in [0.1, 0.15) is 42.5 Å². The molecule has 0 spiro atoms. The number of morpholine rings is 1. The Morgan fingerprint density at radius 3 is 2.07 bits per heavy atom. The average Bonchev–Trinajstić information content (AvgIpc) is 3.01. The van der Waals surface area contributed by atoms with Crippen molar-refractivity contribution in [3.05, 3.63) is 59.9 Å². The summed E-state index contributed by atoms with van der Waals surface area (Å²) in [5, 5.41) is 9.09. The number of nitrogens with one attached hydrogen (secondary N) is 3. The maximum absolute atomic E-state index is 12.9. The van der Waals surface area contributed by atoms with Gasteiger partial charge in [0.15, 0.2) is 11.6 Å². The normalized spacial score (nSPS) is 19.2. The Bertz CT molecular complexity index is 1410. The number of urea groups is 1. The highest BCUT2D eigenvalue weighted by Gasteiger charge is 2.26. The molecular weight excluding hydrogens is 546 g/mol. The van der Waals surface area contributed by atoms with Crippen molar-refractivity contribution < 1.29 is 14.3 Å². The van der Waals surface area contributed by atoms with Crippen molar-refractivity contribution in [2.24, 2.45) is 0 Å². The Morgan fingerprint density at radius 1 is 0.860 bits per heavy atom. The fourth-order valence-corrected chi connectivity index (χ4v) is 5.40. The number of anilines is 3. The lowest BCUT2D eigenvalue weighted by molar-refractivity contribution is 0.0595. The summed E-state index contributed by atoms with van der Waals surface area (Å²) in [5.74, 6) is 2.04. The van der Waals surface area contributed by atoms with Crippen LogP contribution in [0, 0.1) is 0 Å². The maximum Gasteiger partial charge on any atom is 0.323 e. The SMILES string of the molecule is CC(C)N1CCN(C(=O)c2ccc(NC(=O)Nc3ccc(-c4nc(C5CCN5)nc(N5CCOCC5)n4)cc3)cc2)CC1. The molecule has 12 heteroatoms. The van der Waals surface area contributed by atoms with Gasteiger partial charge in [0.2, 0.25) is 5.95 Å². The first-order valence-corrected chi connectivity index (χ1v) is 15.1. The highest BCUT2D eigenvalue weighted by atomic mass is 16.5. The van der Waals surface area contributed by atoms with Gasteiger partial charge in [-0.1, -0.05) is 0 Å². The van der Waals surface area contributed by atoms with Crippen molar-refractivity contribution in [3.8, 4) is 11.4 Å². The van der Waals surface area contributed by atoms with E-state index in [1.165, 1.54) is 0 Å². The van der Waals surface area contributed by atoms with Gasteiger partial charge in [0.1, 0.15) is 0 Å². The molecule has 1 atom stereocenters. The van der Waals surface area contributed by atoms with Crippen LogP contribution in [0.3, 0.4) is 0 Å². The average molecular weight is 586 g/mol. The van der Waals surface area contributed by atoms with Crippen molar-refractivity contribution in [3.63, 3.8) is 0 Å².